The van der Waals surface area contributed by atoms with Crippen LogP contribution < -0.4 is 5.32 Å². The molecule has 3 fully saturated rings. The van der Waals surface area contributed by atoms with Gasteiger partial charge in [-0.3, -0.25) is 28.9 Å². The number of rotatable bonds is 11. The topological polar surface area (TPSA) is 197 Å². The van der Waals surface area contributed by atoms with Crippen molar-refractivity contribution in [1.82, 2.24) is 35.1 Å². The van der Waals surface area contributed by atoms with Gasteiger partial charge < -0.3 is 39.0 Å². The molecular formula is C42H65N7O10. The second-order valence-corrected chi connectivity index (χ2v) is 17.3. The zero-order valence-electron chi connectivity index (χ0n) is 36.5. The molecular weight excluding hydrogens is 763 g/mol. The predicted octanol–water partition coefficient (Wildman–Crippen LogP) is 3.62. The number of likely N-dealkylation sites (N-methyl/N-ethyl adjacent to an activating group) is 1. The second kappa shape index (κ2) is 19.1. The van der Waals surface area contributed by atoms with Crippen LogP contribution in [0.2, 0.25) is 0 Å². The SMILES string of the molecule is CC[C@H]1OC(=O)C(C)C(=O)[C@@H](C)[C@@H](O[C@@H]2OC(C)CC(N(C)C)C2O)[C@](C)(OC)C[C@@H](C)C(=O)N[C@H](C)[C@H]2N(CCCCn3cc(-c4ccccn4)nn3)C(=O)O[C@]12C. The third-order valence-corrected chi connectivity index (χ3v) is 12.5. The zero-order chi connectivity index (χ0) is 43.4. The molecule has 0 radical (unpaired) electrons. The van der Waals surface area contributed by atoms with Gasteiger partial charge >= 0.3 is 12.1 Å². The molecule has 17 nitrogen and oxygen atoms in total. The molecule has 0 saturated carbocycles. The lowest BCUT2D eigenvalue weighted by Crippen LogP contribution is -2.61. The summed E-state index contributed by atoms with van der Waals surface area (Å²) in [6.07, 6.45) is 0.588. The fourth-order valence-electron chi connectivity index (χ4n) is 9.14. The summed E-state index contributed by atoms with van der Waals surface area (Å²) < 4.78 is 32.9. The van der Waals surface area contributed by atoms with E-state index in [0.29, 0.717) is 37.2 Å². The number of nitrogens with zero attached hydrogens (tertiary/aromatic N) is 6. The van der Waals surface area contributed by atoms with Gasteiger partial charge in [0.25, 0.3) is 0 Å². The van der Waals surface area contributed by atoms with Crippen LogP contribution in [0.5, 0.6) is 0 Å². The number of cyclic esters (lactones) is 1. The van der Waals surface area contributed by atoms with E-state index in [0.717, 1.165) is 0 Å². The Hall–Kier alpha value is -4.03. The first kappa shape index (κ1) is 46.0. The third kappa shape index (κ3) is 9.96. The molecule has 0 aliphatic carbocycles. The van der Waals surface area contributed by atoms with Crippen LogP contribution in [0, 0.1) is 17.8 Å². The number of aliphatic hydroxyl groups excluding tert-OH is 1. The first-order valence-corrected chi connectivity index (χ1v) is 20.9. The second-order valence-electron chi connectivity index (χ2n) is 17.3. The quantitative estimate of drug-likeness (QED) is 0.189. The lowest BCUT2D eigenvalue weighted by Gasteiger charge is -2.46. The number of pyridine rings is 1. The number of hydrogen-bond donors (Lipinski definition) is 2. The molecule has 0 spiro atoms. The van der Waals surface area contributed by atoms with E-state index in [1.165, 1.54) is 14.0 Å². The van der Waals surface area contributed by atoms with Gasteiger partial charge in [-0.05, 0) is 93.0 Å². The first-order valence-electron chi connectivity index (χ1n) is 20.9. The highest BCUT2D eigenvalue weighted by atomic mass is 16.7. The van der Waals surface area contributed by atoms with Gasteiger partial charge in [-0.15, -0.1) is 5.10 Å². The smallest absolute Gasteiger partial charge is 0.410 e. The highest BCUT2D eigenvalue weighted by Gasteiger charge is 2.59. The summed E-state index contributed by atoms with van der Waals surface area (Å²) in [6.45, 7) is 14.7. The molecule has 13 atom stereocenters. The molecule has 3 aliphatic heterocycles. The van der Waals surface area contributed by atoms with Crippen LogP contribution in [0.1, 0.15) is 87.5 Å². The normalized spacial score (nSPS) is 36.4. The van der Waals surface area contributed by atoms with Crippen molar-refractivity contribution < 1.29 is 48.0 Å². The number of methoxy groups -OCH3 is 1. The Morgan fingerprint density at radius 3 is 2.39 bits per heavy atom. The summed E-state index contributed by atoms with van der Waals surface area (Å²) >= 11 is 0. The van der Waals surface area contributed by atoms with Crippen molar-refractivity contribution in [2.75, 3.05) is 27.7 Å². The van der Waals surface area contributed by atoms with Gasteiger partial charge in [-0.1, -0.05) is 32.1 Å². The lowest BCUT2D eigenvalue weighted by atomic mass is 9.78. The number of ether oxygens (including phenoxy) is 5. The van der Waals surface area contributed by atoms with Crippen LogP contribution >= 0.6 is 0 Å². The maximum atomic E-state index is 14.4. The Morgan fingerprint density at radius 2 is 1.75 bits per heavy atom. The molecule has 2 N–H and O–H groups in total. The van der Waals surface area contributed by atoms with Gasteiger partial charge in [0.1, 0.15) is 23.8 Å². The number of carbonyl (C=O) groups is 4. The van der Waals surface area contributed by atoms with E-state index in [-0.39, 0.29) is 37.4 Å². The Labute approximate surface area is 347 Å². The predicted molar refractivity (Wildman–Crippen MR) is 215 cm³/mol. The molecule has 4 unspecified atom stereocenters. The number of aliphatic hydroxyl groups is 1. The number of unbranched alkanes of at least 4 members (excludes halogenated alkanes) is 1. The molecule has 328 valence electrons. The van der Waals surface area contributed by atoms with E-state index in [1.807, 2.05) is 64.2 Å². The van der Waals surface area contributed by atoms with E-state index >= 15 is 0 Å². The fraction of sp³-hybridized carbons (Fsp3) is 0.738. The van der Waals surface area contributed by atoms with Gasteiger partial charge in [0, 0.05) is 44.3 Å². The Bertz CT molecular complexity index is 1760. The van der Waals surface area contributed by atoms with Crippen LogP contribution in [-0.4, -0.2) is 146 Å². The number of fused-ring (bicyclic) bond motifs is 1. The lowest BCUT2D eigenvalue weighted by molar-refractivity contribution is -0.295. The molecule has 0 aromatic carbocycles. The summed E-state index contributed by atoms with van der Waals surface area (Å²) in [4.78, 5) is 64.2. The van der Waals surface area contributed by atoms with Gasteiger partial charge in [-0.25, -0.2) is 4.79 Å². The van der Waals surface area contributed by atoms with Crippen molar-refractivity contribution in [3.8, 4) is 11.4 Å². The fourth-order valence-corrected chi connectivity index (χ4v) is 9.14. The van der Waals surface area contributed by atoms with Crippen LogP contribution in [0.3, 0.4) is 0 Å². The minimum atomic E-state index is -1.39. The summed E-state index contributed by atoms with van der Waals surface area (Å²) in [7, 11) is 5.21. The van der Waals surface area contributed by atoms with Crippen molar-refractivity contribution in [1.29, 1.82) is 0 Å². The Balaban J connectivity index is 1.41. The third-order valence-electron chi connectivity index (χ3n) is 12.5. The highest BCUT2D eigenvalue weighted by Crippen LogP contribution is 2.40. The number of esters is 1. The molecule has 2 aromatic rings. The van der Waals surface area contributed by atoms with Crippen molar-refractivity contribution in [2.45, 2.75) is 154 Å². The molecule has 17 heteroatoms. The molecule has 3 saturated heterocycles. The molecule has 2 amide bonds. The van der Waals surface area contributed by atoms with E-state index in [1.54, 1.807) is 43.5 Å². The van der Waals surface area contributed by atoms with E-state index in [4.69, 9.17) is 23.7 Å². The number of aryl methyl sites for hydroxylation is 1. The molecule has 59 heavy (non-hydrogen) atoms. The zero-order valence-corrected chi connectivity index (χ0v) is 36.5. The average Bonchev–Trinajstić information content (AvgIpc) is 3.78. The first-order chi connectivity index (χ1) is 27.8. The van der Waals surface area contributed by atoms with E-state index in [9.17, 15) is 24.3 Å². The largest absolute Gasteiger partial charge is 0.458 e. The Morgan fingerprint density at radius 1 is 1.03 bits per heavy atom. The van der Waals surface area contributed by atoms with Gasteiger partial charge in [0.2, 0.25) is 5.91 Å². The van der Waals surface area contributed by atoms with Gasteiger partial charge in [0.15, 0.2) is 17.7 Å². The number of ketones is 1. The number of carbonyl (C=O) groups excluding carboxylic acids is 4. The molecule has 5 heterocycles. The Kier molecular flexibility index (Phi) is 14.9. The molecule has 5 rings (SSSR count). The summed E-state index contributed by atoms with van der Waals surface area (Å²) in [5, 5.41) is 23.0. The van der Waals surface area contributed by atoms with Crippen molar-refractivity contribution in [3.05, 3.63) is 30.6 Å². The number of Topliss-reactive ketones (excluding diaryl/α,β-unsaturated/α-hetero) is 1. The van der Waals surface area contributed by atoms with E-state index in [2.05, 4.69) is 20.6 Å². The van der Waals surface area contributed by atoms with Gasteiger partial charge in [-0.2, -0.15) is 0 Å². The monoisotopic (exact) mass is 827 g/mol. The summed E-state index contributed by atoms with van der Waals surface area (Å²) in [6, 6.07) is 3.88. The molecule has 0 bridgehead atoms. The average molecular weight is 828 g/mol. The van der Waals surface area contributed by atoms with Crippen molar-refractivity contribution >= 4 is 23.8 Å². The number of aromatic nitrogens is 4. The van der Waals surface area contributed by atoms with Crippen LogP contribution in [0.15, 0.2) is 30.6 Å². The molecule has 2 aromatic heterocycles. The minimum absolute atomic E-state index is 0.0989. The van der Waals surface area contributed by atoms with E-state index < -0.39 is 83.5 Å². The molecule has 3 aliphatic rings. The van der Waals surface area contributed by atoms with Crippen LogP contribution in [0.4, 0.5) is 4.79 Å². The standard InChI is InChI=1S/C42H65N7O10/c1-12-32-42(8)35(49(40(54)59-42)20-16-15-19-48-23-30(45-46-48)29-17-13-14-18-43-29)28(6)44-37(52)24(2)22-41(7,55-11)36(26(4)33(50)27(5)38(53)57-32)58-39-34(51)31(47(9)10)21-25(3)56-39/h13-14,17-18,23-28,31-32,34-36,39,51H,12,15-16,19-22H2,1-11H3,(H,44,52)/t24-,25?,26-,27?,28-,31?,32-,34?,35-,36-,39+,41-,42-/m1/s1. The van der Waals surface area contributed by atoms with Crippen molar-refractivity contribution in [3.63, 3.8) is 0 Å². The van der Waals surface area contributed by atoms with Crippen molar-refractivity contribution in [2.24, 2.45) is 17.8 Å². The maximum absolute atomic E-state index is 14.4. The highest BCUT2D eigenvalue weighted by molar-refractivity contribution is 6.00. The summed E-state index contributed by atoms with van der Waals surface area (Å²) in [5.41, 5.74) is -1.30. The number of nitrogens with one attached hydrogen (secondary N) is 1. The van der Waals surface area contributed by atoms with Crippen LogP contribution in [0.25, 0.3) is 11.4 Å². The van der Waals surface area contributed by atoms with Gasteiger partial charge in [0.05, 0.1) is 41.8 Å². The minimum Gasteiger partial charge on any atom is -0.458 e. The van der Waals surface area contributed by atoms with Crippen LogP contribution in [-0.2, 0) is 44.6 Å². The summed E-state index contributed by atoms with van der Waals surface area (Å²) in [5.74, 6) is -4.49. The maximum Gasteiger partial charge on any atom is 0.410 e. The number of amides is 2. The number of hydrogen-bond acceptors (Lipinski definition) is 14.